The van der Waals surface area contributed by atoms with Crippen LogP contribution in [-0.2, 0) is 32.0 Å². The van der Waals surface area contributed by atoms with Crippen LogP contribution in [0.4, 0.5) is 4.79 Å². The summed E-state index contributed by atoms with van der Waals surface area (Å²) in [4.78, 5) is 59.1. The molecule has 0 spiro atoms. The second-order valence-electron chi connectivity index (χ2n) is 15.4. The number of ether oxygens (including phenoxy) is 1. The maximum atomic E-state index is 14.7. The molecule has 0 saturated carbocycles. The number of nitrogens with one attached hydrogen (secondary N) is 1. The molecule has 4 amide bonds. The number of thiophene rings is 1. The Morgan fingerprint density at radius 1 is 0.827 bits per heavy atom. The maximum Gasteiger partial charge on any atom is 0.408 e. The molecule has 3 aromatic rings. The molecular formula is C41H57N5O5S. The van der Waals surface area contributed by atoms with Gasteiger partial charge in [-0.3, -0.25) is 19.4 Å². The summed E-state index contributed by atoms with van der Waals surface area (Å²) in [5.41, 5.74) is -0.291. The van der Waals surface area contributed by atoms with Gasteiger partial charge in [-0.05, 0) is 81.7 Å². The number of carbonyl (C=O) groups excluding carboxylic acids is 4. The van der Waals surface area contributed by atoms with Crippen molar-refractivity contribution in [3.8, 4) is 0 Å². The van der Waals surface area contributed by atoms with Gasteiger partial charge in [0.05, 0.1) is 0 Å². The van der Waals surface area contributed by atoms with E-state index in [-0.39, 0.29) is 30.6 Å². The summed E-state index contributed by atoms with van der Waals surface area (Å²) in [5, 5.41) is 10.8. The molecule has 10 nitrogen and oxygen atoms in total. The molecule has 1 N–H and O–H groups in total. The smallest absolute Gasteiger partial charge is 0.408 e. The molecule has 2 heterocycles. The van der Waals surface area contributed by atoms with Gasteiger partial charge in [0.1, 0.15) is 17.7 Å². The number of amides is 4. The van der Waals surface area contributed by atoms with E-state index in [9.17, 15) is 19.2 Å². The summed E-state index contributed by atoms with van der Waals surface area (Å²) in [6.45, 7) is 10.8. The molecule has 11 heteroatoms. The predicted molar refractivity (Wildman–Crippen MR) is 209 cm³/mol. The van der Waals surface area contributed by atoms with E-state index < -0.39 is 29.3 Å². The summed E-state index contributed by atoms with van der Waals surface area (Å²) in [5.74, 6) is -0.666. The lowest BCUT2D eigenvalue weighted by Gasteiger charge is -2.40. The molecule has 282 valence electrons. The van der Waals surface area contributed by atoms with Crippen molar-refractivity contribution in [3.05, 3.63) is 82.6 Å². The molecule has 1 aliphatic heterocycles. The minimum atomic E-state index is -0.851. The first kappa shape index (κ1) is 40.5. The van der Waals surface area contributed by atoms with E-state index in [4.69, 9.17) is 4.74 Å². The molecule has 52 heavy (non-hydrogen) atoms. The Labute approximate surface area is 313 Å². The van der Waals surface area contributed by atoms with Crippen molar-refractivity contribution in [2.75, 3.05) is 34.2 Å². The van der Waals surface area contributed by atoms with E-state index in [1.54, 1.807) is 48.5 Å². The van der Waals surface area contributed by atoms with Crippen LogP contribution in [0.5, 0.6) is 0 Å². The third-order valence-corrected chi connectivity index (χ3v) is 10.4. The molecule has 0 unspecified atom stereocenters. The Morgan fingerprint density at radius 3 is 2.15 bits per heavy atom. The number of alkyl carbamates (subject to hydrolysis) is 1. The fourth-order valence-electron chi connectivity index (χ4n) is 6.42. The van der Waals surface area contributed by atoms with Gasteiger partial charge in [-0.1, -0.05) is 67.1 Å². The van der Waals surface area contributed by atoms with Crippen molar-refractivity contribution < 1.29 is 23.9 Å². The number of hydrogen-bond acceptors (Lipinski definition) is 7. The Kier molecular flexibility index (Phi) is 14.0. The van der Waals surface area contributed by atoms with Gasteiger partial charge >= 0.3 is 6.09 Å². The highest BCUT2D eigenvalue weighted by Crippen LogP contribution is 2.23. The van der Waals surface area contributed by atoms with E-state index in [1.807, 2.05) is 94.6 Å². The Hall–Kier alpha value is -4.22. The predicted octanol–water partition coefficient (Wildman–Crippen LogP) is 6.84. The van der Waals surface area contributed by atoms with Crippen molar-refractivity contribution in [3.63, 3.8) is 0 Å². The molecule has 2 atom stereocenters. The fourth-order valence-corrected chi connectivity index (χ4v) is 7.16. The quantitative estimate of drug-likeness (QED) is 0.182. The molecular weight excluding hydrogens is 675 g/mol. The summed E-state index contributed by atoms with van der Waals surface area (Å²) < 4.78 is 5.40. The van der Waals surface area contributed by atoms with E-state index >= 15 is 0 Å². The van der Waals surface area contributed by atoms with E-state index in [0.717, 1.165) is 53.6 Å². The molecule has 2 aromatic carbocycles. The zero-order valence-electron chi connectivity index (χ0n) is 32.2. The van der Waals surface area contributed by atoms with Gasteiger partial charge in [-0.15, -0.1) is 11.3 Å². The van der Waals surface area contributed by atoms with Crippen LogP contribution in [0.3, 0.4) is 0 Å². The summed E-state index contributed by atoms with van der Waals surface area (Å²) in [7, 11) is 5.15. The van der Waals surface area contributed by atoms with Crippen LogP contribution < -0.4 is 5.32 Å². The van der Waals surface area contributed by atoms with Crippen molar-refractivity contribution >= 4 is 45.9 Å². The van der Waals surface area contributed by atoms with Crippen molar-refractivity contribution in [1.82, 2.24) is 25.1 Å². The lowest BCUT2D eigenvalue weighted by Crippen LogP contribution is -2.58. The molecule has 4 rings (SSSR count). The lowest BCUT2D eigenvalue weighted by atomic mass is 9.98. The highest BCUT2D eigenvalue weighted by Gasteiger charge is 2.37. The summed E-state index contributed by atoms with van der Waals surface area (Å²) in [6.07, 6.45) is 7.53. The SMILES string of the molecule is CN(C(=O)C/C=C/CC(C)(C)NC(=O)OC(C)(C)C)[C@H](Cc1ccc2ccccc2c1)C(=O)N(C)[C@H](Cc1cccs1)C(=O)N(C)N1CCCCC1. The highest BCUT2D eigenvalue weighted by molar-refractivity contribution is 7.09. The first-order valence-electron chi connectivity index (χ1n) is 18.3. The van der Waals surface area contributed by atoms with Gasteiger partial charge in [0.2, 0.25) is 11.8 Å². The molecule has 1 saturated heterocycles. The van der Waals surface area contributed by atoms with E-state index in [2.05, 4.69) is 16.4 Å². The summed E-state index contributed by atoms with van der Waals surface area (Å²) in [6, 6.07) is 16.5. The van der Waals surface area contributed by atoms with Crippen LogP contribution in [0, 0.1) is 0 Å². The van der Waals surface area contributed by atoms with Crippen LogP contribution >= 0.6 is 11.3 Å². The third kappa shape index (κ3) is 11.6. The maximum absolute atomic E-state index is 14.7. The number of benzene rings is 2. The average molecular weight is 732 g/mol. The van der Waals surface area contributed by atoms with Crippen LogP contribution in [0.1, 0.15) is 77.2 Å². The Balaban J connectivity index is 1.56. The van der Waals surface area contributed by atoms with Gasteiger partial charge in [-0.25, -0.2) is 9.80 Å². The number of nitrogens with zero attached hydrogens (tertiary/aromatic N) is 4. The monoisotopic (exact) mass is 731 g/mol. The normalized spacial score (nSPS) is 15.2. The standard InChI is InChI=1S/C41H57N5O5S/c1-40(2,3)51-39(50)42-41(4,5)23-13-12-20-36(47)43(6)34(28-30-21-22-31-17-10-11-18-32(31)27-30)37(48)44(7)35(29-33-19-16-26-52-33)38(49)45(8)46-24-14-9-15-25-46/h10-13,16-19,21-22,26-27,34-35H,9,14-15,20,23-25,28-29H2,1-8H3,(H,42,50)/b13-12+/t34-,35-/m1/s1. The largest absolute Gasteiger partial charge is 0.444 e. The minimum absolute atomic E-state index is 0.0689. The molecule has 1 aromatic heterocycles. The highest BCUT2D eigenvalue weighted by atomic mass is 32.1. The fraction of sp³-hybridized carbons (Fsp3) is 0.512. The second-order valence-corrected chi connectivity index (χ2v) is 16.5. The number of carbonyl (C=O) groups is 4. The van der Waals surface area contributed by atoms with Crippen LogP contribution in [-0.4, -0.2) is 101 Å². The Morgan fingerprint density at radius 2 is 1.50 bits per heavy atom. The van der Waals surface area contributed by atoms with Crippen LogP contribution in [0.25, 0.3) is 10.8 Å². The zero-order chi connectivity index (χ0) is 38.1. The van der Waals surface area contributed by atoms with Crippen LogP contribution in [0.15, 0.2) is 72.1 Å². The first-order valence-corrected chi connectivity index (χ1v) is 19.1. The minimum Gasteiger partial charge on any atom is -0.444 e. The Bertz CT molecular complexity index is 1690. The number of fused-ring (bicyclic) bond motifs is 1. The molecule has 0 radical (unpaired) electrons. The lowest BCUT2D eigenvalue weighted by molar-refractivity contribution is -0.158. The molecule has 0 aliphatic carbocycles. The summed E-state index contributed by atoms with van der Waals surface area (Å²) >= 11 is 1.56. The van der Waals surface area contributed by atoms with Gasteiger partial charge in [-0.2, -0.15) is 0 Å². The van der Waals surface area contributed by atoms with Gasteiger partial charge in [0.25, 0.3) is 5.91 Å². The number of piperidine rings is 1. The van der Waals surface area contributed by atoms with Crippen molar-refractivity contribution in [1.29, 1.82) is 0 Å². The van der Waals surface area contributed by atoms with Crippen molar-refractivity contribution in [2.24, 2.45) is 0 Å². The molecule has 1 fully saturated rings. The zero-order valence-corrected chi connectivity index (χ0v) is 33.0. The number of hydrogen-bond donors (Lipinski definition) is 1. The average Bonchev–Trinajstić information content (AvgIpc) is 3.62. The first-order chi connectivity index (χ1) is 24.5. The topological polar surface area (TPSA) is 102 Å². The molecule has 0 bridgehead atoms. The van der Waals surface area contributed by atoms with Gasteiger partial charge < -0.3 is 19.9 Å². The van der Waals surface area contributed by atoms with Crippen molar-refractivity contribution in [2.45, 2.75) is 103 Å². The van der Waals surface area contributed by atoms with Gasteiger partial charge in [0.15, 0.2) is 0 Å². The number of rotatable bonds is 14. The van der Waals surface area contributed by atoms with Crippen LogP contribution in [0.2, 0.25) is 0 Å². The second kappa shape index (κ2) is 18.0. The number of hydrazine groups is 1. The third-order valence-electron chi connectivity index (χ3n) is 9.47. The molecule has 1 aliphatic rings. The number of likely N-dealkylation sites (N-methyl/N-ethyl adjacent to an activating group) is 3. The van der Waals surface area contributed by atoms with E-state index in [0.29, 0.717) is 12.8 Å². The van der Waals surface area contributed by atoms with E-state index in [1.165, 1.54) is 4.90 Å². The van der Waals surface area contributed by atoms with Gasteiger partial charge in [0, 0.05) is 63.9 Å².